The smallest absolute Gasteiger partial charge is 0.221 e. The molecule has 1 aromatic carbocycles. The van der Waals surface area contributed by atoms with E-state index in [0.717, 1.165) is 21.2 Å². The summed E-state index contributed by atoms with van der Waals surface area (Å²) in [5, 5.41) is 9.00. The van der Waals surface area contributed by atoms with Gasteiger partial charge in [0.1, 0.15) is 0 Å². The van der Waals surface area contributed by atoms with Gasteiger partial charge in [0.2, 0.25) is 5.91 Å². The molecule has 0 fully saturated rings. The number of amides is 1. The molecule has 0 saturated carbocycles. The fourth-order valence-electron chi connectivity index (χ4n) is 1.96. The second kappa shape index (κ2) is 6.88. The molecule has 0 aliphatic heterocycles. The molecular formula is C15H17ClN2OS. The van der Waals surface area contributed by atoms with Crippen molar-refractivity contribution in [1.29, 1.82) is 0 Å². The average Bonchev–Trinajstić information content (AvgIpc) is 2.83. The van der Waals surface area contributed by atoms with Crippen molar-refractivity contribution in [3.63, 3.8) is 0 Å². The predicted octanol–water partition coefficient (Wildman–Crippen LogP) is 4.21. The number of rotatable bonds is 5. The summed E-state index contributed by atoms with van der Waals surface area (Å²) in [7, 11) is 0. The van der Waals surface area contributed by atoms with E-state index in [1.165, 1.54) is 6.92 Å². The van der Waals surface area contributed by atoms with Crippen molar-refractivity contribution < 1.29 is 4.79 Å². The van der Waals surface area contributed by atoms with Crippen LogP contribution in [0.3, 0.4) is 0 Å². The minimum Gasteiger partial charge on any atom is -0.325 e. The highest BCUT2D eigenvalue weighted by molar-refractivity contribution is 7.10. The molecule has 0 radical (unpaired) electrons. The van der Waals surface area contributed by atoms with Crippen molar-refractivity contribution in [2.75, 3.05) is 5.32 Å². The van der Waals surface area contributed by atoms with Crippen LogP contribution in [0.1, 0.15) is 30.3 Å². The van der Waals surface area contributed by atoms with Gasteiger partial charge in [0, 0.05) is 29.4 Å². The van der Waals surface area contributed by atoms with Crippen LogP contribution in [0, 0.1) is 0 Å². The van der Waals surface area contributed by atoms with Gasteiger partial charge in [-0.2, -0.15) is 0 Å². The first-order valence-electron chi connectivity index (χ1n) is 6.39. The van der Waals surface area contributed by atoms with E-state index >= 15 is 0 Å². The van der Waals surface area contributed by atoms with Crippen LogP contribution in [0.15, 0.2) is 35.7 Å². The number of anilines is 1. The zero-order valence-electron chi connectivity index (χ0n) is 11.4. The minimum absolute atomic E-state index is 0.0520. The first kappa shape index (κ1) is 15.0. The van der Waals surface area contributed by atoms with Gasteiger partial charge in [-0.1, -0.05) is 29.8 Å². The van der Waals surface area contributed by atoms with Crippen molar-refractivity contribution >= 4 is 34.5 Å². The Kier molecular flexibility index (Phi) is 5.17. The Morgan fingerprint density at radius 3 is 2.80 bits per heavy atom. The van der Waals surface area contributed by atoms with Crippen LogP contribution in [0.2, 0.25) is 5.02 Å². The lowest BCUT2D eigenvalue weighted by atomic mass is 10.1. The molecule has 1 atom stereocenters. The van der Waals surface area contributed by atoms with Crippen LogP contribution in [-0.2, 0) is 11.3 Å². The molecular weight excluding hydrogens is 292 g/mol. The molecule has 2 aromatic rings. The molecule has 1 unspecified atom stereocenters. The number of benzene rings is 1. The quantitative estimate of drug-likeness (QED) is 0.868. The van der Waals surface area contributed by atoms with E-state index in [0.29, 0.717) is 6.54 Å². The van der Waals surface area contributed by atoms with Crippen LogP contribution in [0.25, 0.3) is 0 Å². The number of halogens is 1. The maximum Gasteiger partial charge on any atom is 0.221 e. The summed E-state index contributed by atoms with van der Waals surface area (Å²) in [4.78, 5) is 12.2. The van der Waals surface area contributed by atoms with Crippen LogP contribution < -0.4 is 10.6 Å². The molecule has 1 heterocycles. The van der Waals surface area contributed by atoms with E-state index in [1.54, 1.807) is 11.3 Å². The molecule has 1 amide bonds. The Bertz CT molecular complexity index is 597. The standard InChI is InChI=1S/C15H17ClN2OS/c1-10(12-5-3-4-6-13(12)16)17-9-15-14(7-8-20-15)18-11(2)19/h3-8,10,17H,9H2,1-2H3,(H,18,19). The lowest BCUT2D eigenvalue weighted by Crippen LogP contribution is -2.19. The van der Waals surface area contributed by atoms with Crippen LogP contribution >= 0.6 is 22.9 Å². The predicted molar refractivity (Wildman–Crippen MR) is 85.3 cm³/mol. The Morgan fingerprint density at radius 1 is 1.35 bits per heavy atom. The first-order chi connectivity index (χ1) is 9.58. The van der Waals surface area contributed by atoms with Gasteiger partial charge >= 0.3 is 0 Å². The van der Waals surface area contributed by atoms with Crippen LogP contribution in [0.4, 0.5) is 5.69 Å². The van der Waals surface area contributed by atoms with Gasteiger partial charge in [-0.25, -0.2) is 0 Å². The summed E-state index contributed by atoms with van der Waals surface area (Å²) in [6, 6.07) is 9.88. The largest absolute Gasteiger partial charge is 0.325 e. The highest BCUT2D eigenvalue weighted by atomic mass is 35.5. The van der Waals surface area contributed by atoms with E-state index in [1.807, 2.05) is 35.7 Å². The SMILES string of the molecule is CC(=O)Nc1ccsc1CNC(C)c1ccccc1Cl. The third-order valence-electron chi connectivity index (χ3n) is 3.00. The molecule has 2 rings (SSSR count). The zero-order valence-corrected chi connectivity index (χ0v) is 13.0. The molecule has 0 aliphatic carbocycles. The Hall–Kier alpha value is -1.36. The third kappa shape index (κ3) is 3.82. The fourth-order valence-corrected chi connectivity index (χ4v) is 3.04. The van der Waals surface area contributed by atoms with Gasteiger partial charge < -0.3 is 10.6 Å². The Morgan fingerprint density at radius 2 is 2.10 bits per heavy atom. The Balaban J connectivity index is 2.00. The topological polar surface area (TPSA) is 41.1 Å². The molecule has 3 nitrogen and oxygen atoms in total. The van der Waals surface area contributed by atoms with Crippen molar-refractivity contribution in [3.05, 3.63) is 51.2 Å². The van der Waals surface area contributed by atoms with Gasteiger partial charge in [0.25, 0.3) is 0 Å². The highest BCUT2D eigenvalue weighted by Gasteiger charge is 2.11. The number of carbonyl (C=O) groups is 1. The number of hydrogen-bond donors (Lipinski definition) is 2. The van der Waals surface area contributed by atoms with E-state index in [2.05, 4.69) is 17.6 Å². The lowest BCUT2D eigenvalue weighted by molar-refractivity contribution is -0.114. The molecule has 0 aliphatic rings. The second-order valence-electron chi connectivity index (χ2n) is 4.56. The molecule has 106 valence electrons. The second-order valence-corrected chi connectivity index (χ2v) is 5.97. The molecule has 0 saturated heterocycles. The number of carbonyl (C=O) groups excluding carboxylic acids is 1. The Labute approximate surface area is 128 Å². The normalized spacial score (nSPS) is 12.2. The first-order valence-corrected chi connectivity index (χ1v) is 7.65. The molecule has 5 heteroatoms. The van der Waals surface area contributed by atoms with E-state index < -0.39 is 0 Å². The fraction of sp³-hybridized carbons (Fsp3) is 0.267. The van der Waals surface area contributed by atoms with E-state index in [4.69, 9.17) is 11.6 Å². The summed E-state index contributed by atoms with van der Waals surface area (Å²) in [6.45, 7) is 4.29. The lowest BCUT2D eigenvalue weighted by Gasteiger charge is -2.15. The summed E-state index contributed by atoms with van der Waals surface area (Å²) in [6.07, 6.45) is 0. The summed E-state index contributed by atoms with van der Waals surface area (Å²) >= 11 is 7.81. The monoisotopic (exact) mass is 308 g/mol. The molecule has 0 spiro atoms. The van der Waals surface area contributed by atoms with Crippen LogP contribution in [0.5, 0.6) is 0 Å². The molecule has 1 aromatic heterocycles. The number of thiophene rings is 1. The van der Waals surface area contributed by atoms with Crippen molar-refractivity contribution in [3.8, 4) is 0 Å². The summed E-state index contributed by atoms with van der Waals surface area (Å²) in [5.41, 5.74) is 1.95. The minimum atomic E-state index is -0.0520. The van der Waals surface area contributed by atoms with Gasteiger partial charge in [-0.15, -0.1) is 11.3 Å². The van der Waals surface area contributed by atoms with E-state index in [-0.39, 0.29) is 11.9 Å². The molecule has 20 heavy (non-hydrogen) atoms. The molecule has 2 N–H and O–H groups in total. The van der Waals surface area contributed by atoms with Crippen LogP contribution in [-0.4, -0.2) is 5.91 Å². The van der Waals surface area contributed by atoms with Gasteiger partial charge in [-0.3, -0.25) is 4.79 Å². The number of nitrogens with one attached hydrogen (secondary N) is 2. The van der Waals surface area contributed by atoms with Gasteiger partial charge in [-0.05, 0) is 30.0 Å². The van der Waals surface area contributed by atoms with E-state index in [9.17, 15) is 4.79 Å². The number of hydrogen-bond acceptors (Lipinski definition) is 3. The van der Waals surface area contributed by atoms with Crippen molar-refractivity contribution in [2.45, 2.75) is 26.4 Å². The van der Waals surface area contributed by atoms with Gasteiger partial charge in [0.15, 0.2) is 0 Å². The average molecular weight is 309 g/mol. The van der Waals surface area contributed by atoms with Crippen molar-refractivity contribution in [1.82, 2.24) is 5.32 Å². The van der Waals surface area contributed by atoms with Gasteiger partial charge in [0.05, 0.1) is 5.69 Å². The zero-order chi connectivity index (χ0) is 14.5. The maximum atomic E-state index is 11.1. The maximum absolute atomic E-state index is 11.1. The van der Waals surface area contributed by atoms with Crippen molar-refractivity contribution in [2.24, 2.45) is 0 Å². The highest BCUT2D eigenvalue weighted by Crippen LogP contribution is 2.25. The molecule has 0 bridgehead atoms. The summed E-state index contributed by atoms with van der Waals surface area (Å²) in [5.74, 6) is -0.0520. The summed E-state index contributed by atoms with van der Waals surface area (Å²) < 4.78 is 0. The third-order valence-corrected chi connectivity index (χ3v) is 4.26.